The summed E-state index contributed by atoms with van der Waals surface area (Å²) in [6.07, 6.45) is 0.459. The van der Waals surface area contributed by atoms with Crippen LogP contribution in [0.2, 0.25) is 0 Å². The Morgan fingerprint density at radius 1 is 0.968 bits per heavy atom. The Morgan fingerprint density at radius 3 is 2.55 bits per heavy atom. The average Bonchev–Trinajstić information content (AvgIpc) is 2.73. The quantitative estimate of drug-likeness (QED) is 0.452. The molecule has 5 N–H and O–H groups in total. The van der Waals surface area contributed by atoms with Gasteiger partial charge in [-0.3, -0.25) is 0 Å². The second kappa shape index (κ2) is 8.20. The SMILES string of the molecule is N#Cc1c(N)nc(N)nc1NCCc1cc2ccc(F)cc2nc1-c1cccc(F)c1. The second-order valence-corrected chi connectivity index (χ2v) is 6.82. The Balaban J connectivity index is 1.69. The first kappa shape index (κ1) is 20.0. The molecule has 2 aromatic heterocycles. The highest BCUT2D eigenvalue weighted by Gasteiger charge is 2.13. The van der Waals surface area contributed by atoms with Crippen LogP contribution in [-0.4, -0.2) is 21.5 Å². The molecule has 0 saturated heterocycles. The molecule has 2 aromatic carbocycles. The van der Waals surface area contributed by atoms with E-state index in [1.165, 1.54) is 24.3 Å². The summed E-state index contributed by atoms with van der Waals surface area (Å²) in [6, 6.07) is 14.2. The predicted molar refractivity (Wildman–Crippen MR) is 115 cm³/mol. The van der Waals surface area contributed by atoms with Crippen molar-refractivity contribution in [2.24, 2.45) is 0 Å². The molecular weight excluding hydrogens is 400 g/mol. The summed E-state index contributed by atoms with van der Waals surface area (Å²) in [5, 5.41) is 13.1. The fourth-order valence-electron chi connectivity index (χ4n) is 3.31. The maximum atomic E-state index is 13.8. The minimum absolute atomic E-state index is 0.00708. The molecule has 0 aliphatic rings. The van der Waals surface area contributed by atoms with Crippen LogP contribution in [0.3, 0.4) is 0 Å². The van der Waals surface area contributed by atoms with E-state index in [9.17, 15) is 14.0 Å². The number of nitrogens with zero attached hydrogens (tertiary/aromatic N) is 4. The van der Waals surface area contributed by atoms with Gasteiger partial charge >= 0.3 is 0 Å². The van der Waals surface area contributed by atoms with Gasteiger partial charge in [-0.15, -0.1) is 0 Å². The predicted octanol–water partition coefficient (Wildman–Crippen LogP) is 3.66. The van der Waals surface area contributed by atoms with Gasteiger partial charge in [0.2, 0.25) is 5.95 Å². The molecule has 9 heteroatoms. The van der Waals surface area contributed by atoms with Gasteiger partial charge in [0.05, 0.1) is 11.2 Å². The van der Waals surface area contributed by atoms with Gasteiger partial charge in [-0.2, -0.15) is 15.2 Å². The van der Waals surface area contributed by atoms with Crippen LogP contribution in [0.15, 0.2) is 48.5 Å². The monoisotopic (exact) mass is 417 g/mol. The van der Waals surface area contributed by atoms with E-state index in [-0.39, 0.29) is 23.1 Å². The summed E-state index contributed by atoms with van der Waals surface area (Å²) in [4.78, 5) is 12.4. The molecular formula is C22H17F2N7. The third kappa shape index (κ3) is 4.18. The zero-order valence-corrected chi connectivity index (χ0v) is 16.2. The number of anilines is 3. The highest BCUT2D eigenvalue weighted by atomic mass is 19.1. The fraction of sp³-hybridized carbons (Fsp3) is 0.0909. The lowest BCUT2D eigenvalue weighted by Crippen LogP contribution is -2.12. The minimum Gasteiger partial charge on any atom is -0.382 e. The van der Waals surface area contributed by atoms with Crippen molar-refractivity contribution in [3.05, 3.63) is 71.3 Å². The van der Waals surface area contributed by atoms with Crippen molar-refractivity contribution in [2.45, 2.75) is 6.42 Å². The largest absolute Gasteiger partial charge is 0.382 e. The number of nitriles is 1. The first-order valence-electron chi connectivity index (χ1n) is 9.36. The van der Waals surface area contributed by atoms with Crippen molar-refractivity contribution in [2.75, 3.05) is 23.3 Å². The molecule has 0 aliphatic heterocycles. The standard InChI is InChI=1S/C22H17F2N7/c23-15-3-1-2-13(9-15)19-14(8-12-4-5-16(24)10-18(12)29-19)6-7-28-21-17(11-25)20(26)30-22(27)31-21/h1-5,8-10H,6-7H2,(H5,26,27,28,30,31). The summed E-state index contributed by atoms with van der Waals surface area (Å²) in [7, 11) is 0. The van der Waals surface area contributed by atoms with Crippen molar-refractivity contribution < 1.29 is 8.78 Å². The molecule has 154 valence electrons. The van der Waals surface area contributed by atoms with Crippen LogP contribution in [0.5, 0.6) is 0 Å². The number of pyridine rings is 1. The molecule has 2 heterocycles. The Bertz CT molecular complexity index is 1330. The van der Waals surface area contributed by atoms with Gasteiger partial charge in [-0.1, -0.05) is 12.1 Å². The van der Waals surface area contributed by atoms with Crippen LogP contribution < -0.4 is 16.8 Å². The smallest absolute Gasteiger partial charge is 0.224 e. The van der Waals surface area contributed by atoms with Crippen molar-refractivity contribution >= 4 is 28.5 Å². The first-order chi connectivity index (χ1) is 14.9. The highest BCUT2D eigenvalue weighted by Crippen LogP contribution is 2.27. The first-order valence-corrected chi connectivity index (χ1v) is 9.36. The molecule has 0 aliphatic carbocycles. The van der Waals surface area contributed by atoms with Gasteiger partial charge < -0.3 is 16.8 Å². The number of nitrogens with two attached hydrogens (primary N) is 2. The number of aromatic nitrogens is 3. The molecule has 0 atom stereocenters. The maximum absolute atomic E-state index is 13.8. The minimum atomic E-state index is -0.400. The van der Waals surface area contributed by atoms with Crippen molar-refractivity contribution in [1.29, 1.82) is 5.26 Å². The van der Waals surface area contributed by atoms with Gasteiger partial charge in [-0.05, 0) is 42.3 Å². The van der Waals surface area contributed by atoms with Gasteiger partial charge in [0, 0.05) is 23.6 Å². The number of fused-ring (bicyclic) bond motifs is 1. The van der Waals surface area contributed by atoms with Crippen LogP contribution in [0.1, 0.15) is 11.1 Å². The number of hydrogen-bond donors (Lipinski definition) is 3. The lowest BCUT2D eigenvalue weighted by Gasteiger charge is -2.13. The van der Waals surface area contributed by atoms with E-state index in [0.717, 1.165) is 10.9 Å². The number of hydrogen-bond acceptors (Lipinski definition) is 7. The third-order valence-corrected chi connectivity index (χ3v) is 4.71. The second-order valence-electron chi connectivity index (χ2n) is 6.82. The van der Waals surface area contributed by atoms with E-state index in [0.29, 0.717) is 29.7 Å². The molecule has 0 bridgehead atoms. The van der Waals surface area contributed by atoms with Gasteiger partial charge in [-0.25, -0.2) is 13.8 Å². The molecule has 0 fully saturated rings. The zero-order valence-electron chi connectivity index (χ0n) is 16.2. The summed E-state index contributed by atoms with van der Waals surface area (Å²) in [5.41, 5.74) is 13.9. The van der Waals surface area contributed by atoms with Crippen molar-refractivity contribution in [1.82, 2.24) is 15.0 Å². The van der Waals surface area contributed by atoms with Crippen molar-refractivity contribution in [3.63, 3.8) is 0 Å². The van der Waals surface area contributed by atoms with E-state index in [1.807, 2.05) is 12.1 Å². The summed E-state index contributed by atoms with van der Waals surface area (Å²) >= 11 is 0. The van der Waals surface area contributed by atoms with E-state index in [2.05, 4.69) is 20.3 Å². The molecule has 0 spiro atoms. The van der Waals surface area contributed by atoms with Gasteiger partial charge in [0.15, 0.2) is 5.82 Å². The fourth-order valence-corrected chi connectivity index (χ4v) is 3.31. The molecule has 0 saturated carbocycles. The summed E-state index contributed by atoms with van der Waals surface area (Å²) < 4.78 is 27.5. The summed E-state index contributed by atoms with van der Waals surface area (Å²) in [6.45, 7) is 0.362. The van der Waals surface area contributed by atoms with Crippen LogP contribution in [0, 0.1) is 23.0 Å². The molecule has 4 rings (SSSR count). The molecule has 4 aromatic rings. The van der Waals surface area contributed by atoms with Crippen molar-refractivity contribution in [3.8, 4) is 17.3 Å². The molecule has 31 heavy (non-hydrogen) atoms. The Labute approximate surface area is 176 Å². The lowest BCUT2D eigenvalue weighted by atomic mass is 10.0. The Morgan fingerprint density at radius 2 is 1.77 bits per heavy atom. The van der Waals surface area contributed by atoms with E-state index in [1.54, 1.807) is 18.2 Å². The Hall–Kier alpha value is -4.32. The topological polar surface area (TPSA) is 127 Å². The average molecular weight is 417 g/mol. The third-order valence-electron chi connectivity index (χ3n) is 4.71. The van der Waals surface area contributed by atoms with Crippen LogP contribution in [0.4, 0.5) is 26.4 Å². The van der Waals surface area contributed by atoms with Crippen LogP contribution in [0.25, 0.3) is 22.2 Å². The van der Waals surface area contributed by atoms with E-state index < -0.39 is 11.6 Å². The molecule has 0 radical (unpaired) electrons. The van der Waals surface area contributed by atoms with Gasteiger partial charge in [0.25, 0.3) is 0 Å². The molecule has 7 nitrogen and oxygen atoms in total. The highest BCUT2D eigenvalue weighted by molar-refractivity contribution is 5.83. The lowest BCUT2D eigenvalue weighted by molar-refractivity contribution is 0.628. The molecule has 0 unspecified atom stereocenters. The van der Waals surface area contributed by atoms with Crippen LogP contribution >= 0.6 is 0 Å². The number of benzene rings is 2. The number of halogens is 2. The zero-order chi connectivity index (χ0) is 22.0. The normalized spacial score (nSPS) is 10.7. The van der Waals surface area contributed by atoms with E-state index in [4.69, 9.17) is 11.5 Å². The van der Waals surface area contributed by atoms with E-state index >= 15 is 0 Å². The maximum Gasteiger partial charge on any atom is 0.224 e. The number of nitrogens with one attached hydrogen (secondary N) is 1. The number of rotatable bonds is 5. The van der Waals surface area contributed by atoms with Crippen LogP contribution in [-0.2, 0) is 6.42 Å². The number of nitrogen functional groups attached to an aromatic ring is 2. The molecule has 0 amide bonds. The summed E-state index contributed by atoms with van der Waals surface area (Å²) in [5.74, 6) is -0.618. The Kier molecular flexibility index (Phi) is 5.28. The van der Waals surface area contributed by atoms with Gasteiger partial charge in [0.1, 0.15) is 29.1 Å².